The third kappa shape index (κ3) is 41.1. The molecule has 0 saturated heterocycles. The fourth-order valence-corrected chi connectivity index (χ4v) is 2.88. The molecule has 0 aromatic carbocycles. The van der Waals surface area contributed by atoms with Gasteiger partial charge in [0.15, 0.2) is 0 Å². The monoisotopic (exact) mass is 472 g/mol. The summed E-state index contributed by atoms with van der Waals surface area (Å²) in [5.41, 5.74) is 0.352. The summed E-state index contributed by atoms with van der Waals surface area (Å²) in [6.07, 6.45) is 22.4. The highest BCUT2D eigenvalue weighted by Gasteiger charge is 1.95. The van der Waals surface area contributed by atoms with E-state index in [1.807, 2.05) is 0 Å². The molecule has 0 saturated carbocycles. The van der Waals surface area contributed by atoms with Crippen LogP contribution in [-0.4, -0.2) is 45.6 Å². The van der Waals surface area contributed by atoms with Crippen molar-refractivity contribution in [1.82, 2.24) is 0 Å². The van der Waals surface area contributed by atoms with Crippen LogP contribution in [0.25, 0.3) is 0 Å². The molecule has 33 heavy (non-hydrogen) atoms. The topological polar surface area (TPSA) is 115 Å². The smallest absolute Gasteiger partial charge is 0.330 e. The van der Waals surface area contributed by atoms with Gasteiger partial charge in [-0.15, -0.1) is 0 Å². The Morgan fingerprint density at radius 3 is 0.667 bits per heavy atom. The second-order valence-corrected chi connectivity index (χ2v) is 8.63. The molecule has 4 N–H and O–H groups in total. The van der Waals surface area contributed by atoms with Crippen LogP contribution in [0.4, 0.5) is 0 Å². The minimum absolute atomic E-state index is 0.176. The SMILES string of the molecule is C=C(C)C(=O)O.C=C(C)C(=O)O.OCCCCCCCCCCCCCCCCCCCO. The number of hydrogen-bond donors (Lipinski definition) is 4. The number of aliphatic carboxylic acids is 2. The van der Waals surface area contributed by atoms with E-state index in [4.69, 9.17) is 20.4 Å². The molecule has 0 aromatic rings. The van der Waals surface area contributed by atoms with Crippen molar-refractivity contribution in [3.05, 3.63) is 24.3 Å². The lowest BCUT2D eigenvalue weighted by Gasteiger charge is -2.03. The van der Waals surface area contributed by atoms with Crippen molar-refractivity contribution in [2.45, 2.75) is 123 Å². The summed E-state index contributed by atoms with van der Waals surface area (Å²) >= 11 is 0. The van der Waals surface area contributed by atoms with Crippen molar-refractivity contribution in [3.8, 4) is 0 Å². The van der Waals surface area contributed by atoms with E-state index in [0.29, 0.717) is 13.2 Å². The Labute approximate surface area is 202 Å². The van der Waals surface area contributed by atoms with Gasteiger partial charge in [0, 0.05) is 24.4 Å². The fourth-order valence-electron chi connectivity index (χ4n) is 2.88. The van der Waals surface area contributed by atoms with E-state index in [1.165, 1.54) is 110 Å². The lowest BCUT2D eigenvalue weighted by Crippen LogP contribution is -1.92. The Balaban J connectivity index is -0.000000611. The molecule has 6 nitrogen and oxygen atoms in total. The molecule has 0 spiro atoms. The minimum Gasteiger partial charge on any atom is -0.478 e. The molecule has 0 radical (unpaired) electrons. The Bertz CT molecular complexity index is 407. The number of hydrogen-bond acceptors (Lipinski definition) is 4. The minimum atomic E-state index is -0.935. The summed E-state index contributed by atoms with van der Waals surface area (Å²) in [5.74, 6) is -1.87. The zero-order valence-electron chi connectivity index (χ0n) is 21.5. The van der Waals surface area contributed by atoms with Crippen molar-refractivity contribution in [3.63, 3.8) is 0 Å². The highest BCUT2D eigenvalue weighted by molar-refractivity contribution is 5.85. The van der Waals surface area contributed by atoms with E-state index in [2.05, 4.69) is 13.2 Å². The van der Waals surface area contributed by atoms with E-state index in [9.17, 15) is 9.59 Å². The summed E-state index contributed by atoms with van der Waals surface area (Å²) in [7, 11) is 0. The lowest BCUT2D eigenvalue weighted by atomic mass is 10.0. The molecular formula is C27H52O6. The molecule has 0 atom stereocenters. The fraction of sp³-hybridized carbons (Fsp3) is 0.778. The van der Waals surface area contributed by atoms with Gasteiger partial charge in [-0.2, -0.15) is 0 Å². The van der Waals surface area contributed by atoms with E-state index in [1.54, 1.807) is 0 Å². The van der Waals surface area contributed by atoms with Crippen molar-refractivity contribution in [2.24, 2.45) is 0 Å². The number of aliphatic hydroxyl groups excluding tert-OH is 2. The normalized spacial score (nSPS) is 9.82. The zero-order chi connectivity index (χ0) is 25.7. The number of carboxylic acid groups (broad SMARTS) is 2. The van der Waals surface area contributed by atoms with Gasteiger partial charge in [0.05, 0.1) is 0 Å². The highest BCUT2D eigenvalue weighted by atomic mass is 16.4. The molecule has 0 fully saturated rings. The van der Waals surface area contributed by atoms with Crippen LogP contribution in [0.2, 0.25) is 0 Å². The van der Waals surface area contributed by atoms with Crippen molar-refractivity contribution >= 4 is 11.9 Å². The number of unbranched alkanes of at least 4 members (excludes halogenated alkanes) is 16. The number of rotatable bonds is 20. The zero-order valence-corrected chi connectivity index (χ0v) is 21.5. The predicted octanol–water partition coefficient (Wildman–Crippen LogP) is 6.90. The van der Waals surface area contributed by atoms with Crippen LogP contribution in [0.3, 0.4) is 0 Å². The van der Waals surface area contributed by atoms with Crippen molar-refractivity contribution in [2.75, 3.05) is 13.2 Å². The Kier molecular flexibility index (Phi) is 33.0. The van der Waals surface area contributed by atoms with Crippen LogP contribution in [0.5, 0.6) is 0 Å². The lowest BCUT2D eigenvalue weighted by molar-refractivity contribution is -0.133. The first-order valence-corrected chi connectivity index (χ1v) is 12.7. The molecule has 0 rings (SSSR count). The first-order chi connectivity index (χ1) is 15.7. The maximum absolute atomic E-state index is 9.60. The van der Waals surface area contributed by atoms with Crippen LogP contribution in [0.15, 0.2) is 24.3 Å². The maximum atomic E-state index is 9.60. The molecule has 6 heteroatoms. The van der Waals surface area contributed by atoms with Gasteiger partial charge in [-0.3, -0.25) is 0 Å². The molecule has 0 amide bonds. The van der Waals surface area contributed by atoms with E-state index >= 15 is 0 Å². The average Bonchev–Trinajstić information content (AvgIpc) is 2.76. The highest BCUT2D eigenvalue weighted by Crippen LogP contribution is 2.13. The summed E-state index contributed by atoms with van der Waals surface area (Å²) in [4.78, 5) is 19.2. The summed E-state index contributed by atoms with van der Waals surface area (Å²) in [5, 5.41) is 33.1. The Morgan fingerprint density at radius 2 is 0.576 bits per heavy atom. The number of carboxylic acids is 2. The number of aliphatic hydroxyl groups is 2. The second-order valence-electron chi connectivity index (χ2n) is 8.63. The van der Waals surface area contributed by atoms with Crippen LogP contribution >= 0.6 is 0 Å². The molecular weight excluding hydrogens is 420 g/mol. The third-order valence-corrected chi connectivity index (χ3v) is 5.05. The molecule has 0 unspecified atom stereocenters. The standard InChI is InChI=1S/C19H40O2.2C4H6O2/c20-18-16-14-12-10-8-6-4-2-1-3-5-7-9-11-13-15-17-19-21;2*1-3(2)4(5)6/h20-21H,1-19H2;2*1H2,2H3,(H,5,6). The molecule has 0 heterocycles. The van der Waals surface area contributed by atoms with E-state index in [0.717, 1.165) is 12.8 Å². The van der Waals surface area contributed by atoms with Crippen LogP contribution < -0.4 is 0 Å². The van der Waals surface area contributed by atoms with Crippen LogP contribution in [0.1, 0.15) is 123 Å². The third-order valence-electron chi connectivity index (χ3n) is 5.05. The average molecular weight is 473 g/mol. The molecule has 0 bridgehead atoms. The van der Waals surface area contributed by atoms with Gasteiger partial charge < -0.3 is 20.4 Å². The van der Waals surface area contributed by atoms with Gasteiger partial charge >= 0.3 is 11.9 Å². The van der Waals surface area contributed by atoms with Gasteiger partial charge in [-0.05, 0) is 26.7 Å². The van der Waals surface area contributed by atoms with Crippen LogP contribution in [0, 0.1) is 0 Å². The molecule has 196 valence electrons. The van der Waals surface area contributed by atoms with Gasteiger partial charge in [-0.1, -0.05) is 109 Å². The van der Waals surface area contributed by atoms with Gasteiger partial charge in [0.25, 0.3) is 0 Å². The summed E-state index contributed by atoms with van der Waals surface area (Å²) < 4.78 is 0. The predicted molar refractivity (Wildman–Crippen MR) is 138 cm³/mol. The molecule has 0 aliphatic heterocycles. The molecule has 0 aliphatic carbocycles. The van der Waals surface area contributed by atoms with Crippen molar-refractivity contribution in [1.29, 1.82) is 0 Å². The van der Waals surface area contributed by atoms with Gasteiger partial charge in [-0.25, -0.2) is 9.59 Å². The molecule has 0 aromatic heterocycles. The van der Waals surface area contributed by atoms with Gasteiger partial charge in [0.1, 0.15) is 0 Å². The first kappa shape index (κ1) is 35.9. The van der Waals surface area contributed by atoms with Crippen molar-refractivity contribution < 1.29 is 30.0 Å². The summed E-state index contributed by atoms with van der Waals surface area (Å²) in [6, 6.07) is 0. The Hall–Kier alpha value is -1.66. The maximum Gasteiger partial charge on any atom is 0.330 e. The van der Waals surface area contributed by atoms with Crippen LogP contribution in [-0.2, 0) is 9.59 Å². The van der Waals surface area contributed by atoms with E-state index in [-0.39, 0.29) is 11.1 Å². The Morgan fingerprint density at radius 1 is 0.455 bits per heavy atom. The first-order valence-electron chi connectivity index (χ1n) is 12.7. The second kappa shape index (κ2) is 30.3. The van der Waals surface area contributed by atoms with Gasteiger partial charge in [0.2, 0.25) is 0 Å². The van der Waals surface area contributed by atoms with E-state index < -0.39 is 11.9 Å². The number of carbonyl (C=O) groups is 2. The molecule has 0 aliphatic rings. The quantitative estimate of drug-likeness (QED) is 0.113. The largest absolute Gasteiger partial charge is 0.478 e. The summed E-state index contributed by atoms with van der Waals surface area (Å²) in [6.45, 7) is 9.93.